The van der Waals surface area contributed by atoms with Crippen LogP contribution in [-0.4, -0.2) is 58.9 Å². The maximum absolute atomic E-state index is 4.78. The predicted molar refractivity (Wildman–Crippen MR) is 111 cm³/mol. The Labute approximate surface area is 165 Å². The molecule has 2 N–H and O–H groups in total. The molecule has 2 aliphatic heterocycles. The second-order valence-electron chi connectivity index (χ2n) is 7.60. The molecule has 146 valence electrons. The van der Waals surface area contributed by atoms with Gasteiger partial charge in [0, 0.05) is 38.8 Å². The van der Waals surface area contributed by atoms with Gasteiger partial charge in [0.1, 0.15) is 11.5 Å². The summed E-state index contributed by atoms with van der Waals surface area (Å²) in [6.07, 6.45) is 11.1. The molecule has 4 heterocycles. The molecule has 8 nitrogen and oxygen atoms in total. The molecule has 0 aromatic carbocycles. The van der Waals surface area contributed by atoms with Crippen LogP contribution in [0.1, 0.15) is 31.4 Å². The average molecular weight is 378 g/mol. The SMILES string of the molecule is C1=Cc2nnc(Nc3ccc(N4CCNCC4)cn3)nc2N(C2CCCC2)C1. The van der Waals surface area contributed by atoms with E-state index in [-0.39, 0.29) is 0 Å². The number of rotatable bonds is 4. The Morgan fingerprint density at radius 3 is 2.71 bits per heavy atom. The van der Waals surface area contributed by atoms with Crippen LogP contribution in [0.15, 0.2) is 24.4 Å². The van der Waals surface area contributed by atoms with Crippen molar-refractivity contribution in [1.82, 2.24) is 25.5 Å². The van der Waals surface area contributed by atoms with E-state index in [1.165, 1.54) is 25.7 Å². The Morgan fingerprint density at radius 1 is 1.07 bits per heavy atom. The van der Waals surface area contributed by atoms with Crippen molar-refractivity contribution in [1.29, 1.82) is 0 Å². The Morgan fingerprint density at radius 2 is 1.93 bits per heavy atom. The van der Waals surface area contributed by atoms with E-state index in [0.29, 0.717) is 12.0 Å². The van der Waals surface area contributed by atoms with Crippen LogP contribution in [0.4, 0.5) is 23.3 Å². The number of nitrogens with one attached hydrogen (secondary N) is 2. The van der Waals surface area contributed by atoms with Crippen LogP contribution < -0.4 is 20.4 Å². The first-order valence-electron chi connectivity index (χ1n) is 10.2. The summed E-state index contributed by atoms with van der Waals surface area (Å²) >= 11 is 0. The van der Waals surface area contributed by atoms with Crippen LogP contribution in [0.5, 0.6) is 0 Å². The van der Waals surface area contributed by atoms with E-state index in [9.17, 15) is 0 Å². The van der Waals surface area contributed by atoms with Gasteiger partial charge in [0.15, 0.2) is 5.82 Å². The molecule has 0 bridgehead atoms. The summed E-state index contributed by atoms with van der Waals surface area (Å²) in [6.45, 7) is 4.95. The van der Waals surface area contributed by atoms with Gasteiger partial charge < -0.3 is 20.4 Å². The highest BCUT2D eigenvalue weighted by molar-refractivity contribution is 5.66. The van der Waals surface area contributed by atoms with Crippen molar-refractivity contribution in [2.45, 2.75) is 31.7 Å². The summed E-state index contributed by atoms with van der Waals surface area (Å²) in [4.78, 5) is 14.0. The summed E-state index contributed by atoms with van der Waals surface area (Å²) in [6, 6.07) is 4.64. The molecule has 0 unspecified atom stereocenters. The lowest BCUT2D eigenvalue weighted by Gasteiger charge is -2.31. The van der Waals surface area contributed by atoms with Crippen molar-refractivity contribution in [2.24, 2.45) is 0 Å². The third kappa shape index (κ3) is 3.52. The number of nitrogens with zero attached hydrogens (tertiary/aromatic N) is 6. The lowest BCUT2D eigenvalue weighted by Crippen LogP contribution is -2.43. The van der Waals surface area contributed by atoms with Crippen molar-refractivity contribution in [2.75, 3.05) is 47.8 Å². The maximum Gasteiger partial charge on any atom is 0.250 e. The lowest BCUT2D eigenvalue weighted by molar-refractivity contribution is 0.589. The van der Waals surface area contributed by atoms with E-state index in [1.807, 2.05) is 18.3 Å². The topological polar surface area (TPSA) is 82.1 Å². The van der Waals surface area contributed by atoms with E-state index >= 15 is 0 Å². The summed E-state index contributed by atoms with van der Waals surface area (Å²) in [5.41, 5.74) is 2.00. The van der Waals surface area contributed by atoms with Gasteiger partial charge in [-0.25, -0.2) is 4.98 Å². The third-order valence-electron chi connectivity index (χ3n) is 5.78. The van der Waals surface area contributed by atoms with E-state index in [0.717, 1.165) is 55.7 Å². The fourth-order valence-corrected chi connectivity index (χ4v) is 4.29. The molecule has 28 heavy (non-hydrogen) atoms. The van der Waals surface area contributed by atoms with E-state index in [4.69, 9.17) is 4.98 Å². The highest BCUT2D eigenvalue weighted by atomic mass is 15.3. The van der Waals surface area contributed by atoms with Crippen LogP contribution in [0.2, 0.25) is 0 Å². The molecule has 1 saturated heterocycles. The Kier molecular flexibility index (Phi) is 4.78. The molecular formula is C20H26N8. The first-order chi connectivity index (χ1) is 13.9. The normalized spacial score (nSPS) is 19.7. The highest BCUT2D eigenvalue weighted by Crippen LogP contribution is 2.31. The number of pyridine rings is 1. The second kappa shape index (κ2) is 7.71. The van der Waals surface area contributed by atoms with Gasteiger partial charge in [-0.05, 0) is 31.1 Å². The number of fused-ring (bicyclic) bond motifs is 1. The number of aromatic nitrogens is 4. The molecule has 8 heteroatoms. The average Bonchev–Trinajstić information content (AvgIpc) is 3.29. The zero-order valence-electron chi connectivity index (χ0n) is 16.0. The van der Waals surface area contributed by atoms with Gasteiger partial charge in [-0.15, -0.1) is 10.2 Å². The summed E-state index contributed by atoms with van der Waals surface area (Å²) in [5.74, 6) is 2.17. The standard InChI is InChI=1S/C20H26N8/c1-2-5-15(4-1)28-11-3-6-17-19(28)24-20(26-25-17)23-18-8-7-16(14-22-18)27-12-9-21-10-13-27/h3,6-8,14-15,21H,1-2,4-5,9-13H2,(H,22,23,24,26). The van der Waals surface area contributed by atoms with E-state index < -0.39 is 0 Å². The minimum absolute atomic E-state index is 0.500. The summed E-state index contributed by atoms with van der Waals surface area (Å²) in [5, 5.41) is 15.2. The largest absolute Gasteiger partial charge is 0.368 e. The van der Waals surface area contributed by atoms with Crippen molar-refractivity contribution in [3.8, 4) is 0 Å². The number of hydrogen-bond acceptors (Lipinski definition) is 8. The fourth-order valence-electron chi connectivity index (χ4n) is 4.29. The van der Waals surface area contributed by atoms with Gasteiger partial charge >= 0.3 is 0 Å². The first-order valence-corrected chi connectivity index (χ1v) is 10.2. The minimum atomic E-state index is 0.500. The zero-order valence-corrected chi connectivity index (χ0v) is 16.0. The molecule has 2 aromatic rings. The number of piperazine rings is 1. The van der Waals surface area contributed by atoms with Crippen LogP contribution in [0.25, 0.3) is 6.08 Å². The quantitative estimate of drug-likeness (QED) is 0.838. The molecule has 3 aliphatic rings. The molecule has 0 radical (unpaired) electrons. The van der Waals surface area contributed by atoms with Gasteiger partial charge in [-0.1, -0.05) is 18.9 Å². The molecule has 1 saturated carbocycles. The first kappa shape index (κ1) is 17.4. The fraction of sp³-hybridized carbons (Fsp3) is 0.500. The molecule has 2 aromatic heterocycles. The highest BCUT2D eigenvalue weighted by Gasteiger charge is 2.27. The molecule has 1 aliphatic carbocycles. The van der Waals surface area contributed by atoms with Gasteiger partial charge in [0.2, 0.25) is 5.95 Å². The molecule has 0 amide bonds. The van der Waals surface area contributed by atoms with Crippen LogP contribution in [0, 0.1) is 0 Å². The number of hydrogen-bond donors (Lipinski definition) is 2. The van der Waals surface area contributed by atoms with Gasteiger partial charge in [-0.2, -0.15) is 4.98 Å². The van der Waals surface area contributed by atoms with E-state index in [1.54, 1.807) is 0 Å². The Hall–Kier alpha value is -2.74. The van der Waals surface area contributed by atoms with Crippen LogP contribution >= 0.6 is 0 Å². The molecule has 5 rings (SSSR count). The minimum Gasteiger partial charge on any atom is -0.368 e. The van der Waals surface area contributed by atoms with Crippen LogP contribution in [0.3, 0.4) is 0 Å². The summed E-state index contributed by atoms with van der Waals surface area (Å²) < 4.78 is 0. The molecular weight excluding hydrogens is 352 g/mol. The van der Waals surface area contributed by atoms with E-state index in [2.05, 4.69) is 47.8 Å². The van der Waals surface area contributed by atoms with Gasteiger partial charge in [0.25, 0.3) is 0 Å². The maximum atomic E-state index is 4.78. The molecule has 2 fully saturated rings. The zero-order chi connectivity index (χ0) is 18.8. The smallest absolute Gasteiger partial charge is 0.250 e. The molecule has 0 spiro atoms. The van der Waals surface area contributed by atoms with Crippen LogP contribution in [-0.2, 0) is 0 Å². The lowest BCUT2D eigenvalue weighted by atomic mass is 10.1. The van der Waals surface area contributed by atoms with Gasteiger partial charge in [0.05, 0.1) is 11.9 Å². The summed E-state index contributed by atoms with van der Waals surface area (Å²) in [7, 11) is 0. The second-order valence-corrected chi connectivity index (χ2v) is 7.60. The predicted octanol–water partition coefficient (Wildman–Crippen LogP) is 2.20. The van der Waals surface area contributed by atoms with Crippen molar-refractivity contribution in [3.63, 3.8) is 0 Å². The molecule has 0 atom stereocenters. The van der Waals surface area contributed by atoms with Crippen molar-refractivity contribution in [3.05, 3.63) is 30.1 Å². The number of anilines is 4. The Balaban J connectivity index is 1.33. The van der Waals surface area contributed by atoms with Crippen molar-refractivity contribution < 1.29 is 0 Å². The van der Waals surface area contributed by atoms with Gasteiger partial charge in [-0.3, -0.25) is 0 Å². The Bertz CT molecular complexity index is 838. The van der Waals surface area contributed by atoms with Crippen molar-refractivity contribution >= 4 is 29.3 Å². The monoisotopic (exact) mass is 378 g/mol. The third-order valence-corrected chi connectivity index (χ3v) is 5.78.